The van der Waals surface area contributed by atoms with Crippen LogP contribution in [0.5, 0.6) is 0 Å². The topological polar surface area (TPSA) is 66.4 Å². The Hall–Kier alpha value is -2.18. The highest BCUT2D eigenvalue weighted by molar-refractivity contribution is 6.35. The highest BCUT2D eigenvalue weighted by atomic mass is 35.5. The highest BCUT2D eigenvalue weighted by Crippen LogP contribution is 2.22. The van der Waals surface area contributed by atoms with Gasteiger partial charge >= 0.3 is 5.97 Å². The fourth-order valence-electron chi connectivity index (χ4n) is 2.03. The van der Waals surface area contributed by atoms with Crippen LogP contribution in [0.15, 0.2) is 36.4 Å². The van der Waals surface area contributed by atoms with Crippen molar-refractivity contribution in [2.75, 3.05) is 0 Å². The summed E-state index contributed by atoms with van der Waals surface area (Å²) in [5, 5.41) is 12.1. The number of carbonyl (C=O) groups is 2. The molecule has 2 aromatic carbocycles. The number of halogens is 4. The maximum Gasteiger partial charge on any atom is 0.326 e. The first kappa shape index (κ1) is 18.2. The summed E-state index contributed by atoms with van der Waals surface area (Å²) in [5.74, 6) is -4.10. The molecule has 0 saturated carbocycles. The van der Waals surface area contributed by atoms with Gasteiger partial charge in [-0.1, -0.05) is 29.3 Å². The van der Waals surface area contributed by atoms with Gasteiger partial charge in [-0.15, -0.1) is 0 Å². The van der Waals surface area contributed by atoms with Crippen LogP contribution in [0, 0.1) is 11.6 Å². The Labute approximate surface area is 146 Å². The highest BCUT2D eigenvalue weighted by Gasteiger charge is 2.23. The summed E-state index contributed by atoms with van der Waals surface area (Å²) < 4.78 is 26.3. The first-order valence-corrected chi connectivity index (χ1v) is 7.45. The third kappa shape index (κ3) is 4.66. The van der Waals surface area contributed by atoms with E-state index < -0.39 is 29.6 Å². The number of hydrogen-bond acceptors (Lipinski definition) is 2. The third-order valence-corrected chi connectivity index (χ3v) is 3.75. The molecule has 0 aliphatic heterocycles. The van der Waals surface area contributed by atoms with Gasteiger partial charge in [0, 0.05) is 28.1 Å². The Kier molecular flexibility index (Phi) is 5.75. The lowest BCUT2D eigenvalue weighted by Crippen LogP contribution is -2.42. The molecule has 0 fully saturated rings. The molecule has 1 atom stereocenters. The summed E-state index contributed by atoms with van der Waals surface area (Å²) in [4.78, 5) is 23.4. The Morgan fingerprint density at radius 2 is 1.71 bits per heavy atom. The lowest BCUT2D eigenvalue weighted by Gasteiger charge is -2.15. The Balaban J connectivity index is 2.19. The number of carboxylic acid groups (broad SMARTS) is 1. The van der Waals surface area contributed by atoms with Gasteiger partial charge in [-0.25, -0.2) is 13.6 Å². The fourth-order valence-corrected chi connectivity index (χ4v) is 2.52. The summed E-state index contributed by atoms with van der Waals surface area (Å²) in [6.07, 6.45) is -0.116. The third-order valence-electron chi connectivity index (χ3n) is 3.17. The number of amides is 1. The summed E-state index contributed by atoms with van der Waals surface area (Å²) in [7, 11) is 0. The first-order chi connectivity index (χ1) is 11.3. The number of aliphatic carboxylic acids is 1. The molecule has 4 nitrogen and oxygen atoms in total. The van der Waals surface area contributed by atoms with Crippen LogP contribution in [-0.2, 0) is 11.2 Å². The van der Waals surface area contributed by atoms with Gasteiger partial charge in [0.1, 0.15) is 17.7 Å². The van der Waals surface area contributed by atoms with Crippen molar-refractivity contribution < 1.29 is 23.5 Å². The van der Waals surface area contributed by atoms with E-state index in [-0.39, 0.29) is 17.0 Å². The van der Waals surface area contributed by atoms with Gasteiger partial charge in [0.05, 0.1) is 0 Å². The van der Waals surface area contributed by atoms with Crippen LogP contribution >= 0.6 is 23.2 Å². The second kappa shape index (κ2) is 7.59. The van der Waals surface area contributed by atoms with Gasteiger partial charge < -0.3 is 10.4 Å². The molecule has 0 aliphatic rings. The molecule has 8 heteroatoms. The molecule has 0 aromatic heterocycles. The van der Waals surface area contributed by atoms with Crippen molar-refractivity contribution in [2.24, 2.45) is 0 Å². The molecule has 2 N–H and O–H groups in total. The molecule has 126 valence electrons. The number of carbonyl (C=O) groups excluding carboxylic acids is 1. The average Bonchev–Trinajstić information content (AvgIpc) is 2.47. The molecule has 0 unspecified atom stereocenters. The van der Waals surface area contributed by atoms with Crippen LogP contribution in [0.1, 0.15) is 15.9 Å². The molecule has 0 radical (unpaired) electrons. The zero-order valence-electron chi connectivity index (χ0n) is 12.0. The molecule has 0 bridgehead atoms. The van der Waals surface area contributed by atoms with Gasteiger partial charge in [-0.3, -0.25) is 4.79 Å². The largest absolute Gasteiger partial charge is 0.480 e. The lowest BCUT2D eigenvalue weighted by molar-refractivity contribution is -0.139. The molecule has 0 saturated heterocycles. The summed E-state index contributed by atoms with van der Waals surface area (Å²) >= 11 is 11.8. The normalized spacial score (nSPS) is 11.8. The van der Waals surface area contributed by atoms with E-state index in [1.54, 1.807) is 0 Å². The Bertz CT molecular complexity index is 779. The van der Waals surface area contributed by atoms with Crippen molar-refractivity contribution in [2.45, 2.75) is 12.5 Å². The van der Waals surface area contributed by atoms with Crippen LogP contribution in [0.3, 0.4) is 0 Å². The van der Waals surface area contributed by atoms with Crippen molar-refractivity contribution in [3.05, 3.63) is 69.2 Å². The maximum absolute atomic E-state index is 13.2. The van der Waals surface area contributed by atoms with Crippen molar-refractivity contribution >= 4 is 35.1 Å². The smallest absolute Gasteiger partial charge is 0.326 e. The van der Waals surface area contributed by atoms with E-state index in [4.69, 9.17) is 23.2 Å². The number of hydrogen-bond donors (Lipinski definition) is 2. The minimum absolute atomic E-state index is 0.116. The summed E-state index contributed by atoms with van der Waals surface area (Å²) in [5.41, 5.74) is 0.139. The van der Waals surface area contributed by atoms with E-state index in [0.29, 0.717) is 16.7 Å². The molecular formula is C16H11Cl2F2NO3. The van der Waals surface area contributed by atoms with E-state index in [9.17, 15) is 23.5 Å². The Morgan fingerprint density at radius 3 is 2.25 bits per heavy atom. The van der Waals surface area contributed by atoms with E-state index in [1.807, 2.05) is 0 Å². The van der Waals surface area contributed by atoms with Crippen LogP contribution in [0.25, 0.3) is 0 Å². The molecular weight excluding hydrogens is 363 g/mol. The van der Waals surface area contributed by atoms with Gasteiger partial charge in [-0.05, 0) is 29.8 Å². The maximum atomic E-state index is 13.2. The second-order valence-electron chi connectivity index (χ2n) is 4.96. The zero-order chi connectivity index (χ0) is 17.9. The average molecular weight is 374 g/mol. The standard InChI is InChI=1S/C16H11Cl2F2NO3/c17-10-2-1-8(13(18)6-10)5-14(16(23)24)21-15(22)9-3-11(19)7-12(20)4-9/h1-4,6-7,14H,5H2,(H,21,22)(H,23,24)/t14-/m1/s1. The predicted molar refractivity (Wildman–Crippen MR) is 85.4 cm³/mol. The molecule has 0 heterocycles. The van der Waals surface area contributed by atoms with E-state index in [2.05, 4.69) is 5.32 Å². The van der Waals surface area contributed by atoms with Gasteiger partial charge in [0.25, 0.3) is 5.91 Å². The number of rotatable bonds is 5. The summed E-state index contributed by atoms with van der Waals surface area (Å²) in [6, 6.07) is 5.42. The van der Waals surface area contributed by atoms with Crippen molar-refractivity contribution in [3.63, 3.8) is 0 Å². The van der Waals surface area contributed by atoms with Crippen LogP contribution < -0.4 is 5.32 Å². The van der Waals surface area contributed by atoms with Crippen LogP contribution in [0.2, 0.25) is 10.0 Å². The number of benzene rings is 2. The number of nitrogens with one attached hydrogen (secondary N) is 1. The lowest BCUT2D eigenvalue weighted by atomic mass is 10.1. The predicted octanol–water partition coefficient (Wildman–Crippen LogP) is 3.70. The van der Waals surface area contributed by atoms with Crippen molar-refractivity contribution in [3.8, 4) is 0 Å². The molecule has 0 spiro atoms. The second-order valence-corrected chi connectivity index (χ2v) is 5.81. The Morgan fingerprint density at radius 1 is 1.08 bits per heavy atom. The quantitative estimate of drug-likeness (QED) is 0.839. The fraction of sp³-hybridized carbons (Fsp3) is 0.125. The van der Waals surface area contributed by atoms with Crippen molar-refractivity contribution in [1.82, 2.24) is 5.32 Å². The van der Waals surface area contributed by atoms with Crippen LogP contribution in [0.4, 0.5) is 8.78 Å². The molecule has 1 amide bonds. The van der Waals surface area contributed by atoms with Gasteiger partial charge in [0.15, 0.2) is 0 Å². The zero-order valence-corrected chi connectivity index (χ0v) is 13.5. The molecule has 2 rings (SSSR count). The van der Waals surface area contributed by atoms with E-state index in [1.165, 1.54) is 18.2 Å². The summed E-state index contributed by atoms with van der Waals surface area (Å²) in [6.45, 7) is 0. The molecule has 24 heavy (non-hydrogen) atoms. The minimum Gasteiger partial charge on any atom is -0.480 e. The van der Waals surface area contributed by atoms with Gasteiger partial charge in [-0.2, -0.15) is 0 Å². The minimum atomic E-state index is -1.33. The molecule has 0 aliphatic carbocycles. The van der Waals surface area contributed by atoms with Crippen molar-refractivity contribution in [1.29, 1.82) is 0 Å². The monoisotopic (exact) mass is 373 g/mol. The van der Waals surface area contributed by atoms with E-state index in [0.717, 1.165) is 12.1 Å². The first-order valence-electron chi connectivity index (χ1n) is 6.70. The van der Waals surface area contributed by atoms with Crippen LogP contribution in [-0.4, -0.2) is 23.0 Å². The molecule has 2 aromatic rings. The number of carboxylic acids is 1. The van der Waals surface area contributed by atoms with E-state index >= 15 is 0 Å². The van der Waals surface area contributed by atoms with Gasteiger partial charge in [0.2, 0.25) is 0 Å². The SMILES string of the molecule is O=C(N[C@H](Cc1ccc(Cl)cc1Cl)C(=O)O)c1cc(F)cc(F)c1.